The van der Waals surface area contributed by atoms with E-state index in [0.29, 0.717) is 17.3 Å². The molecule has 0 saturated carbocycles. The van der Waals surface area contributed by atoms with E-state index in [4.69, 9.17) is 0 Å². The first-order valence-corrected chi connectivity index (χ1v) is 8.73. The Hall–Kier alpha value is -3.36. The lowest BCUT2D eigenvalue weighted by molar-refractivity contribution is -0.384. The minimum atomic E-state index is -0.604. The quantitative estimate of drug-likeness (QED) is 0.562. The Morgan fingerprint density at radius 3 is 2.52 bits per heavy atom. The third-order valence-electron chi connectivity index (χ3n) is 4.69. The molecule has 2 amide bonds. The average molecular weight is 371 g/mol. The lowest BCUT2D eigenvalue weighted by Gasteiger charge is -2.33. The molecule has 9 heteroatoms. The van der Waals surface area contributed by atoms with Gasteiger partial charge in [-0.2, -0.15) is 0 Å². The maximum absolute atomic E-state index is 12.6. The van der Waals surface area contributed by atoms with Crippen LogP contribution < -0.4 is 15.8 Å². The molecule has 142 valence electrons. The highest BCUT2D eigenvalue weighted by molar-refractivity contribution is 6.02. The lowest BCUT2D eigenvalue weighted by atomic mass is 9.98. The van der Waals surface area contributed by atoms with Crippen molar-refractivity contribution < 1.29 is 14.5 Å². The second-order valence-corrected chi connectivity index (χ2v) is 6.62. The summed E-state index contributed by atoms with van der Waals surface area (Å²) in [4.78, 5) is 39.9. The number of non-ortho nitro benzene ring substituents is 1. The van der Waals surface area contributed by atoms with Crippen molar-refractivity contribution in [2.75, 3.05) is 18.0 Å². The van der Waals surface area contributed by atoms with Crippen LogP contribution >= 0.6 is 0 Å². The van der Waals surface area contributed by atoms with Gasteiger partial charge >= 0.3 is 0 Å². The Morgan fingerprint density at radius 2 is 1.89 bits per heavy atom. The summed E-state index contributed by atoms with van der Waals surface area (Å²) >= 11 is 0. The van der Waals surface area contributed by atoms with E-state index in [1.165, 1.54) is 12.1 Å². The van der Waals surface area contributed by atoms with E-state index >= 15 is 0 Å². The van der Waals surface area contributed by atoms with Gasteiger partial charge in [0.2, 0.25) is 0 Å². The predicted molar refractivity (Wildman–Crippen MR) is 99.4 cm³/mol. The lowest BCUT2D eigenvalue weighted by Crippen LogP contribution is -2.42. The van der Waals surface area contributed by atoms with Crippen molar-refractivity contribution >= 4 is 23.2 Å². The third-order valence-corrected chi connectivity index (χ3v) is 4.69. The Balaban J connectivity index is 1.80. The summed E-state index contributed by atoms with van der Waals surface area (Å²) in [6.07, 6.45) is 3.57. The minimum absolute atomic E-state index is 0.158. The smallest absolute Gasteiger partial charge is 0.286 e. The van der Waals surface area contributed by atoms with Crippen molar-refractivity contribution in [2.24, 2.45) is 5.92 Å². The summed E-state index contributed by atoms with van der Waals surface area (Å²) in [7, 11) is 0. The number of carbonyl (C=O) groups excluding carboxylic acids is 2. The van der Waals surface area contributed by atoms with E-state index in [1.54, 1.807) is 24.4 Å². The van der Waals surface area contributed by atoms with E-state index in [2.05, 4.69) is 22.8 Å². The summed E-state index contributed by atoms with van der Waals surface area (Å²) < 4.78 is 0. The molecule has 3 N–H and O–H groups in total. The molecule has 1 aliphatic heterocycles. The molecule has 0 unspecified atom stereocenters. The standard InChI is InChI=1S/C18H21N5O4/c1-12-6-9-22(10-7-12)16-5-4-13(23(26)27)11-14(16)17(24)20-21-18(25)15-3-2-8-19-15/h2-5,8,11-12,19H,6-7,9-10H2,1H3,(H,20,24)(H,21,25). The number of piperidine rings is 1. The number of carbonyl (C=O) groups is 2. The Labute approximate surface area is 155 Å². The molecule has 2 aromatic rings. The van der Waals surface area contributed by atoms with E-state index < -0.39 is 16.7 Å². The van der Waals surface area contributed by atoms with Crippen LogP contribution in [0.4, 0.5) is 11.4 Å². The van der Waals surface area contributed by atoms with E-state index in [1.807, 2.05) is 4.90 Å². The van der Waals surface area contributed by atoms with Crippen molar-refractivity contribution in [3.8, 4) is 0 Å². The molecule has 1 fully saturated rings. The first kappa shape index (κ1) is 18.4. The van der Waals surface area contributed by atoms with Crippen LogP contribution in [0.15, 0.2) is 36.5 Å². The number of hydrogen-bond acceptors (Lipinski definition) is 5. The fourth-order valence-corrected chi connectivity index (χ4v) is 3.06. The van der Waals surface area contributed by atoms with Gasteiger partial charge in [0.15, 0.2) is 0 Å². The number of nitro benzene ring substituents is 1. The molecule has 1 aliphatic rings. The summed E-state index contributed by atoms with van der Waals surface area (Å²) in [5.74, 6) is -0.504. The Bertz CT molecular complexity index is 841. The highest BCUT2D eigenvalue weighted by Crippen LogP contribution is 2.29. The zero-order valence-corrected chi connectivity index (χ0v) is 14.9. The van der Waals surface area contributed by atoms with Gasteiger partial charge in [0.1, 0.15) is 5.69 Å². The molecule has 1 aromatic carbocycles. The number of hydrogen-bond donors (Lipinski definition) is 3. The number of nitrogens with zero attached hydrogens (tertiary/aromatic N) is 2. The summed E-state index contributed by atoms with van der Waals surface area (Å²) in [6, 6.07) is 7.45. The van der Waals surface area contributed by atoms with Gasteiger partial charge in [0.05, 0.1) is 16.2 Å². The second kappa shape index (κ2) is 7.90. The van der Waals surface area contributed by atoms with Gasteiger partial charge in [-0.15, -0.1) is 0 Å². The number of aromatic nitrogens is 1. The zero-order chi connectivity index (χ0) is 19.4. The molecular formula is C18H21N5O4. The molecule has 0 aliphatic carbocycles. The molecule has 27 heavy (non-hydrogen) atoms. The van der Waals surface area contributed by atoms with Gasteiger partial charge < -0.3 is 9.88 Å². The van der Waals surface area contributed by atoms with Crippen LogP contribution in [0.2, 0.25) is 0 Å². The van der Waals surface area contributed by atoms with Crippen LogP contribution in [0.25, 0.3) is 0 Å². The molecule has 1 aromatic heterocycles. The normalized spacial score (nSPS) is 14.6. The summed E-state index contributed by atoms with van der Waals surface area (Å²) in [5.41, 5.74) is 5.54. The number of hydrazine groups is 1. The molecular weight excluding hydrogens is 350 g/mol. The van der Waals surface area contributed by atoms with Crippen LogP contribution in [0.3, 0.4) is 0 Å². The number of nitro groups is 1. The monoisotopic (exact) mass is 371 g/mol. The molecule has 0 radical (unpaired) electrons. The maximum atomic E-state index is 12.6. The van der Waals surface area contributed by atoms with Crippen LogP contribution in [-0.2, 0) is 0 Å². The maximum Gasteiger partial charge on any atom is 0.286 e. The number of aromatic amines is 1. The van der Waals surface area contributed by atoms with Gasteiger partial charge in [0, 0.05) is 31.4 Å². The van der Waals surface area contributed by atoms with Gasteiger partial charge in [-0.1, -0.05) is 6.92 Å². The number of amides is 2. The largest absolute Gasteiger partial charge is 0.371 e. The number of rotatable bonds is 4. The molecule has 0 bridgehead atoms. The molecule has 9 nitrogen and oxygen atoms in total. The Morgan fingerprint density at radius 1 is 1.19 bits per heavy atom. The molecule has 1 saturated heterocycles. The Kier molecular flexibility index (Phi) is 5.39. The van der Waals surface area contributed by atoms with E-state index in [0.717, 1.165) is 25.9 Å². The van der Waals surface area contributed by atoms with E-state index in [-0.39, 0.29) is 11.3 Å². The first-order valence-electron chi connectivity index (χ1n) is 8.73. The summed E-state index contributed by atoms with van der Waals surface area (Å²) in [5, 5.41) is 11.1. The van der Waals surface area contributed by atoms with Gasteiger partial charge in [-0.3, -0.25) is 30.6 Å². The number of H-pyrrole nitrogens is 1. The van der Waals surface area contributed by atoms with Gasteiger partial charge in [0.25, 0.3) is 17.5 Å². The minimum Gasteiger partial charge on any atom is -0.371 e. The van der Waals surface area contributed by atoms with Crippen molar-refractivity contribution in [2.45, 2.75) is 19.8 Å². The average Bonchev–Trinajstić information content (AvgIpc) is 3.21. The van der Waals surface area contributed by atoms with E-state index in [9.17, 15) is 19.7 Å². The number of anilines is 1. The zero-order valence-electron chi connectivity index (χ0n) is 14.9. The SMILES string of the molecule is CC1CCN(c2ccc([N+](=O)[O-])cc2C(=O)NNC(=O)c2ccc[nH]2)CC1. The highest BCUT2D eigenvalue weighted by Gasteiger charge is 2.24. The fraction of sp³-hybridized carbons (Fsp3) is 0.333. The van der Waals surface area contributed by atoms with Crippen molar-refractivity contribution in [3.05, 3.63) is 57.9 Å². The topological polar surface area (TPSA) is 120 Å². The molecule has 3 rings (SSSR count). The van der Waals surface area contributed by atoms with Crippen LogP contribution in [-0.4, -0.2) is 34.8 Å². The van der Waals surface area contributed by atoms with Crippen molar-refractivity contribution in [1.29, 1.82) is 0 Å². The van der Waals surface area contributed by atoms with Gasteiger partial charge in [-0.05, 0) is 37.0 Å². The number of benzene rings is 1. The first-order chi connectivity index (χ1) is 13.0. The molecule has 0 atom stereocenters. The van der Waals surface area contributed by atoms with Crippen LogP contribution in [0.5, 0.6) is 0 Å². The van der Waals surface area contributed by atoms with Crippen molar-refractivity contribution in [1.82, 2.24) is 15.8 Å². The second-order valence-electron chi connectivity index (χ2n) is 6.62. The van der Waals surface area contributed by atoms with Crippen molar-refractivity contribution in [3.63, 3.8) is 0 Å². The highest BCUT2D eigenvalue weighted by atomic mass is 16.6. The predicted octanol–water partition coefficient (Wildman–Crippen LogP) is 2.23. The fourth-order valence-electron chi connectivity index (χ4n) is 3.06. The van der Waals surface area contributed by atoms with Crippen LogP contribution in [0.1, 0.15) is 40.6 Å². The number of nitrogens with one attached hydrogen (secondary N) is 3. The van der Waals surface area contributed by atoms with Gasteiger partial charge in [-0.25, -0.2) is 0 Å². The third kappa shape index (κ3) is 4.25. The van der Waals surface area contributed by atoms with Crippen LogP contribution in [0, 0.1) is 16.0 Å². The molecule has 0 spiro atoms. The summed E-state index contributed by atoms with van der Waals surface area (Å²) in [6.45, 7) is 3.72. The molecule has 2 heterocycles.